The van der Waals surface area contributed by atoms with Crippen molar-refractivity contribution in [3.8, 4) is 0 Å². The van der Waals surface area contributed by atoms with Gasteiger partial charge in [0, 0.05) is 24.7 Å². The molecule has 23 heavy (non-hydrogen) atoms. The van der Waals surface area contributed by atoms with Gasteiger partial charge < -0.3 is 15.5 Å². The Morgan fingerprint density at radius 3 is 2.65 bits per heavy atom. The third-order valence-corrected chi connectivity index (χ3v) is 4.96. The summed E-state index contributed by atoms with van der Waals surface area (Å²) in [6.45, 7) is 2.04. The van der Waals surface area contributed by atoms with Gasteiger partial charge >= 0.3 is 0 Å². The van der Waals surface area contributed by atoms with Gasteiger partial charge in [0.25, 0.3) is 0 Å². The lowest BCUT2D eigenvalue weighted by Gasteiger charge is -2.39. The second kappa shape index (κ2) is 7.07. The van der Waals surface area contributed by atoms with Crippen molar-refractivity contribution in [3.63, 3.8) is 0 Å². The molecule has 2 N–H and O–H groups in total. The van der Waals surface area contributed by atoms with Crippen LogP contribution in [0.2, 0.25) is 10.0 Å². The molecule has 7 heteroatoms. The molecule has 2 fully saturated rings. The van der Waals surface area contributed by atoms with Gasteiger partial charge in [-0.05, 0) is 37.5 Å². The van der Waals surface area contributed by atoms with Gasteiger partial charge in [0.1, 0.15) is 6.04 Å². The van der Waals surface area contributed by atoms with Crippen molar-refractivity contribution < 1.29 is 9.59 Å². The van der Waals surface area contributed by atoms with Crippen molar-refractivity contribution in [2.75, 3.05) is 25.0 Å². The zero-order chi connectivity index (χ0) is 16.4. The molecule has 1 aromatic rings. The van der Waals surface area contributed by atoms with Crippen molar-refractivity contribution in [1.82, 2.24) is 10.2 Å². The van der Waals surface area contributed by atoms with E-state index in [1.54, 1.807) is 23.1 Å². The van der Waals surface area contributed by atoms with Gasteiger partial charge in [0.05, 0.1) is 16.6 Å². The van der Waals surface area contributed by atoms with Gasteiger partial charge in [0.15, 0.2) is 0 Å². The van der Waals surface area contributed by atoms with Crippen LogP contribution in [-0.2, 0) is 9.59 Å². The Labute approximate surface area is 145 Å². The smallest absolute Gasteiger partial charge is 0.247 e. The van der Waals surface area contributed by atoms with E-state index in [1.165, 1.54) is 0 Å². The van der Waals surface area contributed by atoms with Crippen LogP contribution >= 0.6 is 23.2 Å². The molecule has 1 unspecified atom stereocenters. The van der Waals surface area contributed by atoms with Crippen LogP contribution in [0, 0.1) is 5.92 Å². The van der Waals surface area contributed by atoms with E-state index < -0.39 is 6.04 Å². The van der Waals surface area contributed by atoms with E-state index in [-0.39, 0.29) is 17.7 Å². The van der Waals surface area contributed by atoms with Gasteiger partial charge in [-0.25, -0.2) is 0 Å². The molecule has 0 radical (unpaired) electrons. The number of nitrogens with zero attached hydrogens (tertiary/aromatic N) is 1. The number of benzene rings is 1. The topological polar surface area (TPSA) is 61.4 Å². The first-order valence-electron chi connectivity index (χ1n) is 7.83. The quantitative estimate of drug-likeness (QED) is 0.875. The molecule has 1 aromatic carbocycles. The highest BCUT2D eigenvalue weighted by atomic mass is 35.5. The SMILES string of the molecule is O=C(Nc1ccc(Cl)cc1Cl)C1CCCCN1C(=O)C1CNC1. The Bertz CT molecular complexity index is 619. The maximum atomic E-state index is 12.6. The van der Waals surface area contributed by atoms with Gasteiger partial charge in [-0.2, -0.15) is 0 Å². The molecule has 0 saturated carbocycles. The summed E-state index contributed by atoms with van der Waals surface area (Å²) in [6.07, 6.45) is 2.57. The first-order chi connectivity index (χ1) is 11.1. The van der Waals surface area contributed by atoms with Crippen molar-refractivity contribution >= 4 is 40.7 Å². The van der Waals surface area contributed by atoms with Crippen LogP contribution in [0.25, 0.3) is 0 Å². The van der Waals surface area contributed by atoms with Crippen LogP contribution in [0.5, 0.6) is 0 Å². The predicted octanol–water partition coefficient (Wildman–Crippen LogP) is 2.53. The maximum absolute atomic E-state index is 12.6. The molecule has 1 atom stereocenters. The van der Waals surface area contributed by atoms with E-state index >= 15 is 0 Å². The highest BCUT2D eigenvalue weighted by Crippen LogP contribution is 2.27. The Hall–Kier alpha value is -1.30. The number of carbonyl (C=O) groups is 2. The Morgan fingerprint density at radius 2 is 2.00 bits per heavy atom. The lowest BCUT2D eigenvalue weighted by Crippen LogP contribution is -2.57. The van der Waals surface area contributed by atoms with Gasteiger partial charge in [-0.1, -0.05) is 23.2 Å². The summed E-state index contributed by atoms with van der Waals surface area (Å²) in [7, 11) is 0. The van der Waals surface area contributed by atoms with E-state index in [2.05, 4.69) is 10.6 Å². The second-order valence-corrected chi connectivity index (χ2v) is 6.86. The fourth-order valence-electron chi connectivity index (χ4n) is 2.97. The number of hydrogen-bond acceptors (Lipinski definition) is 3. The average molecular weight is 356 g/mol. The molecule has 2 aliphatic heterocycles. The summed E-state index contributed by atoms with van der Waals surface area (Å²) in [5, 5.41) is 6.83. The largest absolute Gasteiger partial charge is 0.330 e. The first kappa shape index (κ1) is 16.6. The van der Waals surface area contributed by atoms with Crippen LogP contribution < -0.4 is 10.6 Å². The number of piperidine rings is 1. The molecule has 0 spiro atoms. The first-order valence-corrected chi connectivity index (χ1v) is 8.59. The monoisotopic (exact) mass is 355 g/mol. The van der Waals surface area contributed by atoms with Crippen LogP contribution in [-0.4, -0.2) is 42.4 Å². The summed E-state index contributed by atoms with van der Waals surface area (Å²) in [5.41, 5.74) is 0.518. The molecular weight excluding hydrogens is 337 g/mol. The maximum Gasteiger partial charge on any atom is 0.247 e. The number of anilines is 1. The lowest BCUT2D eigenvalue weighted by atomic mass is 9.95. The zero-order valence-corrected chi connectivity index (χ0v) is 14.2. The van der Waals surface area contributed by atoms with Crippen LogP contribution in [0.3, 0.4) is 0 Å². The summed E-state index contributed by atoms with van der Waals surface area (Å²) < 4.78 is 0. The molecular formula is C16H19Cl2N3O2. The molecule has 2 aliphatic rings. The minimum absolute atomic E-state index is 0.00233. The van der Waals surface area contributed by atoms with E-state index in [0.717, 1.165) is 12.8 Å². The molecule has 2 saturated heterocycles. The van der Waals surface area contributed by atoms with Crippen molar-refractivity contribution in [1.29, 1.82) is 0 Å². The van der Waals surface area contributed by atoms with E-state index in [9.17, 15) is 9.59 Å². The minimum Gasteiger partial charge on any atom is -0.330 e. The number of rotatable bonds is 3. The number of amides is 2. The normalized spacial score (nSPS) is 21.7. The Balaban J connectivity index is 1.71. The molecule has 0 aromatic heterocycles. The van der Waals surface area contributed by atoms with Crippen LogP contribution in [0.15, 0.2) is 18.2 Å². The number of hydrogen-bond donors (Lipinski definition) is 2. The summed E-state index contributed by atoms with van der Waals surface area (Å²) in [5.74, 6) is -0.108. The molecule has 0 aliphatic carbocycles. The third-order valence-electron chi connectivity index (χ3n) is 4.41. The fraction of sp³-hybridized carbons (Fsp3) is 0.500. The lowest BCUT2D eigenvalue weighted by molar-refractivity contribution is -0.145. The average Bonchev–Trinajstić information content (AvgIpc) is 2.48. The Morgan fingerprint density at radius 1 is 1.22 bits per heavy atom. The number of carbonyl (C=O) groups excluding carboxylic acids is 2. The van der Waals surface area contributed by atoms with Crippen molar-refractivity contribution in [2.24, 2.45) is 5.92 Å². The number of likely N-dealkylation sites (tertiary alicyclic amines) is 1. The minimum atomic E-state index is -0.427. The van der Waals surface area contributed by atoms with E-state index in [1.807, 2.05) is 0 Å². The number of halogens is 2. The van der Waals surface area contributed by atoms with Crippen molar-refractivity contribution in [3.05, 3.63) is 28.2 Å². The fourth-order valence-corrected chi connectivity index (χ4v) is 3.43. The second-order valence-electron chi connectivity index (χ2n) is 6.01. The van der Waals surface area contributed by atoms with Crippen molar-refractivity contribution in [2.45, 2.75) is 25.3 Å². The zero-order valence-electron chi connectivity index (χ0n) is 12.6. The Kier molecular flexibility index (Phi) is 5.09. The molecule has 2 amide bonds. The highest BCUT2D eigenvalue weighted by molar-refractivity contribution is 6.36. The van der Waals surface area contributed by atoms with E-state index in [0.29, 0.717) is 41.8 Å². The summed E-state index contributed by atoms with van der Waals surface area (Å²) >= 11 is 12.0. The molecule has 5 nitrogen and oxygen atoms in total. The standard InChI is InChI=1S/C16H19Cl2N3O2/c17-11-4-5-13(12(18)7-11)20-15(22)14-3-1-2-6-21(14)16(23)10-8-19-9-10/h4-5,7,10,14,19H,1-3,6,8-9H2,(H,20,22). The summed E-state index contributed by atoms with van der Waals surface area (Å²) in [6, 6.07) is 4.51. The van der Waals surface area contributed by atoms with Gasteiger partial charge in [0.2, 0.25) is 11.8 Å². The van der Waals surface area contributed by atoms with Crippen LogP contribution in [0.1, 0.15) is 19.3 Å². The molecule has 2 heterocycles. The van der Waals surface area contributed by atoms with Crippen LogP contribution in [0.4, 0.5) is 5.69 Å². The molecule has 3 rings (SSSR count). The predicted molar refractivity (Wildman–Crippen MR) is 90.8 cm³/mol. The van der Waals surface area contributed by atoms with Gasteiger partial charge in [-0.3, -0.25) is 9.59 Å². The number of nitrogens with one attached hydrogen (secondary N) is 2. The van der Waals surface area contributed by atoms with E-state index in [4.69, 9.17) is 23.2 Å². The summed E-state index contributed by atoms with van der Waals surface area (Å²) in [4.78, 5) is 26.9. The van der Waals surface area contributed by atoms with Gasteiger partial charge in [-0.15, -0.1) is 0 Å². The highest BCUT2D eigenvalue weighted by Gasteiger charge is 2.37. The molecule has 0 bridgehead atoms. The molecule has 124 valence electrons. The third kappa shape index (κ3) is 3.62.